The highest BCUT2D eigenvalue weighted by Crippen LogP contribution is 2.29. The van der Waals surface area contributed by atoms with E-state index in [1.807, 2.05) is 17.9 Å². The number of nitrogens with one attached hydrogen (secondary N) is 1. The van der Waals surface area contributed by atoms with Crippen LogP contribution in [0.2, 0.25) is 0 Å². The van der Waals surface area contributed by atoms with Crippen LogP contribution in [0.5, 0.6) is 0 Å². The number of anilines is 2. The number of hydrogen-bond donors (Lipinski definition) is 1. The summed E-state index contributed by atoms with van der Waals surface area (Å²) in [6, 6.07) is 9.74. The van der Waals surface area contributed by atoms with Gasteiger partial charge in [-0.3, -0.25) is 4.79 Å². The Labute approximate surface area is 160 Å². The molecule has 1 N–H and O–H groups in total. The van der Waals surface area contributed by atoms with Crippen LogP contribution in [0.4, 0.5) is 20.4 Å². The second-order valence-electron chi connectivity index (χ2n) is 6.80. The molecule has 0 saturated carbocycles. The summed E-state index contributed by atoms with van der Waals surface area (Å²) in [6.07, 6.45) is 0. The molecule has 2 aromatic carbocycles. The highest BCUT2D eigenvalue weighted by Gasteiger charge is 2.18. The van der Waals surface area contributed by atoms with Crippen molar-refractivity contribution >= 4 is 22.5 Å². The summed E-state index contributed by atoms with van der Waals surface area (Å²) in [6.45, 7) is 4.29. The molecule has 1 aromatic heterocycles. The number of morpholine rings is 1. The van der Waals surface area contributed by atoms with Gasteiger partial charge >= 0.3 is 0 Å². The van der Waals surface area contributed by atoms with Gasteiger partial charge in [0.2, 0.25) is 0 Å². The van der Waals surface area contributed by atoms with Gasteiger partial charge in [-0.1, -0.05) is 12.1 Å². The van der Waals surface area contributed by atoms with E-state index in [-0.39, 0.29) is 11.5 Å². The molecule has 1 aliphatic rings. The molecule has 1 saturated heterocycles. The van der Waals surface area contributed by atoms with E-state index in [4.69, 9.17) is 9.15 Å². The van der Waals surface area contributed by atoms with Crippen LogP contribution in [0, 0.1) is 11.6 Å². The molecule has 0 bridgehead atoms. The third-order valence-electron chi connectivity index (χ3n) is 4.81. The van der Waals surface area contributed by atoms with Crippen LogP contribution >= 0.6 is 0 Å². The fourth-order valence-corrected chi connectivity index (χ4v) is 3.43. The van der Waals surface area contributed by atoms with E-state index >= 15 is 0 Å². The molecule has 0 amide bonds. The zero-order valence-corrected chi connectivity index (χ0v) is 15.4. The summed E-state index contributed by atoms with van der Waals surface area (Å²) in [5.74, 6) is -0.820. The average Bonchev–Trinajstić information content (AvgIpc) is 2.67. The SMILES string of the molecule is CC(Nc1cc(F)cc(F)c1)c1cccc2c(=O)cc(N3CCOCC3)oc12. The summed E-state index contributed by atoms with van der Waals surface area (Å²) in [5.41, 5.74) is 1.38. The van der Waals surface area contributed by atoms with Crippen molar-refractivity contribution in [1.29, 1.82) is 0 Å². The maximum atomic E-state index is 13.5. The third kappa shape index (κ3) is 3.71. The van der Waals surface area contributed by atoms with Crippen molar-refractivity contribution in [3.8, 4) is 0 Å². The normalized spacial score (nSPS) is 15.6. The van der Waals surface area contributed by atoms with E-state index in [1.165, 1.54) is 18.2 Å². The van der Waals surface area contributed by atoms with Gasteiger partial charge in [0.05, 0.1) is 24.6 Å². The number of rotatable bonds is 4. The van der Waals surface area contributed by atoms with Crippen molar-refractivity contribution in [3.63, 3.8) is 0 Å². The molecule has 4 rings (SSSR count). The molecule has 1 aliphatic heterocycles. The molecule has 0 radical (unpaired) electrons. The first-order valence-electron chi connectivity index (χ1n) is 9.13. The van der Waals surface area contributed by atoms with E-state index < -0.39 is 11.6 Å². The summed E-state index contributed by atoms with van der Waals surface area (Å²) >= 11 is 0. The first-order valence-corrected chi connectivity index (χ1v) is 9.13. The molecule has 28 heavy (non-hydrogen) atoms. The number of nitrogens with zero attached hydrogens (tertiary/aromatic N) is 1. The van der Waals surface area contributed by atoms with Crippen molar-refractivity contribution in [3.05, 3.63) is 69.9 Å². The van der Waals surface area contributed by atoms with Gasteiger partial charge in [0.15, 0.2) is 11.3 Å². The van der Waals surface area contributed by atoms with Gasteiger partial charge in [0.25, 0.3) is 0 Å². The highest BCUT2D eigenvalue weighted by molar-refractivity contribution is 5.81. The first kappa shape index (κ1) is 18.4. The largest absolute Gasteiger partial charge is 0.440 e. The maximum Gasteiger partial charge on any atom is 0.200 e. The average molecular weight is 386 g/mol. The van der Waals surface area contributed by atoms with E-state index in [1.54, 1.807) is 12.1 Å². The van der Waals surface area contributed by atoms with Crippen LogP contribution in [-0.2, 0) is 4.74 Å². The van der Waals surface area contributed by atoms with Gasteiger partial charge in [-0.25, -0.2) is 8.78 Å². The third-order valence-corrected chi connectivity index (χ3v) is 4.81. The fourth-order valence-electron chi connectivity index (χ4n) is 3.43. The molecule has 146 valence electrons. The minimum absolute atomic E-state index is 0.131. The monoisotopic (exact) mass is 386 g/mol. The van der Waals surface area contributed by atoms with E-state index in [9.17, 15) is 13.6 Å². The van der Waals surface area contributed by atoms with Crippen LogP contribution in [0.3, 0.4) is 0 Å². The van der Waals surface area contributed by atoms with Crippen molar-refractivity contribution in [1.82, 2.24) is 0 Å². The van der Waals surface area contributed by atoms with Crippen molar-refractivity contribution < 1.29 is 17.9 Å². The molecular formula is C21H20F2N2O3. The fraction of sp³-hybridized carbons (Fsp3) is 0.286. The molecule has 7 heteroatoms. The summed E-state index contributed by atoms with van der Waals surface area (Å²) < 4.78 is 38.4. The molecule has 3 aromatic rings. The van der Waals surface area contributed by atoms with Crippen molar-refractivity contribution in [2.75, 3.05) is 36.5 Å². The summed E-state index contributed by atoms with van der Waals surface area (Å²) in [5, 5.41) is 3.54. The second-order valence-corrected chi connectivity index (χ2v) is 6.80. The number of ether oxygens (including phenoxy) is 1. The van der Waals surface area contributed by atoms with Crippen LogP contribution in [-0.4, -0.2) is 26.3 Å². The zero-order chi connectivity index (χ0) is 19.7. The van der Waals surface area contributed by atoms with Gasteiger partial charge in [-0.2, -0.15) is 0 Å². The van der Waals surface area contributed by atoms with Gasteiger partial charge < -0.3 is 19.4 Å². The molecule has 1 unspecified atom stereocenters. The Morgan fingerprint density at radius 3 is 2.50 bits per heavy atom. The topological polar surface area (TPSA) is 54.7 Å². The lowest BCUT2D eigenvalue weighted by Crippen LogP contribution is -2.36. The van der Waals surface area contributed by atoms with Crippen LogP contribution in [0.1, 0.15) is 18.5 Å². The zero-order valence-electron chi connectivity index (χ0n) is 15.4. The second kappa shape index (κ2) is 7.59. The predicted octanol–water partition coefficient (Wildman–Crippen LogP) is 4.08. The Hall–Kier alpha value is -2.93. The van der Waals surface area contributed by atoms with E-state index in [0.717, 1.165) is 11.6 Å². The summed E-state index contributed by atoms with van der Waals surface area (Å²) in [4.78, 5) is 14.6. The van der Waals surface area contributed by atoms with Gasteiger partial charge in [-0.05, 0) is 25.1 Å². The van der Waals surface area contributed by atoms with Crippen molar-refractivity contribution in [2.45, 2.75) is 13.0 Å². The maximum absolute atomic E-state index is 13.5. The molecule has 5 nitrogen and oxygen atoms in total. The Morgan fingerprint density at radius 1 is 1.07 bits per heavy atom. The number of halogens is 2. The molecular weight excluding hydrogens is 366 g/mol. The standard InChI is InChI=1S/C21H20F2N2O3/c1-13(24-16-10-14(22)9-15(23)11-16)17-3-2-4-18-19(26)12-20(28-21(17)18)25-5-7-27-8-6-25/h2-4,9-13,24H,5-8H2,1H3. The lowest BCUT2D eigenvalue weighted by atomic mass is 10.0. The first-order chi connectivity index (χ1) is 13.5. The molecule has 0 aliphatic carbocycles. The van der Waals surface area contributed by atoms with Gasteiger partial charge in [0, 0.05) is 36.5 Å². The van der Waals surface area contributed by atoms with Crippen LogP contribution in [0.25, 0.3) is 11.0 Å². The number of benzene rings is 2. The van der Waals surface area contributed by atoms with Crippen molar-refractivity contribution in [2.24, 2.45) is 0 Å². The van der Waals surface area contributed by atoms with E-state index in [0.29, 0.717) is 48.8 Å². The quantitative estimate of drug-likeness (QED) is 0.732. The highest BCUT2D eigenvalue weighted by atomic mass is 19.1. The minimum Gasteiger partial charge on any atom is -0.440 e. The number of hydrogen-bond acceptors (Lipinski definition) is 5. The van der Waals surface area contributed by atoms with Gasteiger partial charge in [0.1, 0.15) is 17.2 Å². The Balaban J connectivity index is 1.73. The Morgan fingerprint density at radius 2 is 1.79 bits per heavy atom. The molecule has 0 spiro atoms. The van der Waals surface area contributed by atoms with Gasteiger partial charge in [-0.15, -0.1) is 0 Å². The lowest BCUT2D eigenvalue weighted by molar-refractivity contribution is 0.121. The predicted molar refractivity (Wildman–Crippen MR) is 104 cm³/mol. The Kier molecular flexibility index (Phi) is 5.00. The van der Waals surface area contributed by atoms with Crippen LogP contribution < -0.4 is 15.6 Å². The molecule has 1 fully saturated rings. The molecule has 2 heterocycles. The minimum atomic E-state index is -0.659. The van der Waals surface area contributed by atoms with E-state index in [2.05, 4.69) is 5.32 Å². The Bertz CT molecular complexity index is 1040. The smallest absolute Gasteiger partial charge is 0.200 e. The number of para-hydroxylation sites is 1. The summed E-state index contributed by atoms with van der Waals surface area (Å²) in [7, 11) is 0. The lowest BCUT2D eigenvalue weighted by Gasteiger charge is -2.27. The van der Waals surface area contributed by atoms with Crippen LogP contribution in [0.15, 0.2) is 51.7 Å². The number of fused-ring (bicyclic) bond motifs is 1. The molecule has 1 atom stereocenters.